The van der Waals surface area contributed by atoms with Crippen LogP contribution in [0.4, 0.5) is 10.1 Å². The van der Waals surface area contributed by atoms with Crippen LogP contribution in [-0.2, 0) is 26.2 Å². The normalized spacial score (nSPS) is 12.0. The van der Waals surface area contributed by atoms with Crippen LogP contribution in [0.3, 0.4) is 0 Å². The molecule has 0 aromatic heterocycles. The van der Waals surface area contributed by atoms with E-state index in [1.165, 1.54) is 36.2 Å². The van der Waals surface area contributed by atoms with Gasteiger partial charge in [0.15, 0.2) is 0 Å². The highest BCUT2D eigenvalue weighted by Crippen LogP contribution is 2.25. The highest BCUT2D eigenvalue weighted by molar-refractivity contribution is 7.92. The minimum atomic E-state index is -4.20. The topological polar surface area (TPSA) is 86.8 Å². The molecule has 36 heavy (non-hydrogen) atoms. The summed E-state index contributed by atoms with van der Waals surface area (Å²) >= 11 is 5.97. The molecule has 0 saturated heterocycles. The summed E-state index contributed by atoms with van der Waals surface area (Å²) in [7, 11) is -2.74. The summed E-state index contributed by atoms with van der Waals surface area (Å²) in [5.74, 6) is -1.57. The van der Waals surface area contributed by atoms with Crippen molar-refractivity contribution in [3.8, 4) is 0 Å². The number of amides is 2. The number of hydrogen-bond donors (Lipinski definition) is 1. The molecule has 0 spiro atoms. The quantitative estimate of drug-likeness (QED) is 0.449. The van der Waals surface area contributed by atoms with Gasteiger partial charge in [-0.2, -0.15) is 0 Å². The number of hydrogen-bond acceptors (Lipinski definition) is 4. The maximum Gasteiger partial charge on any atom is 0.264 e. The Balaban J connectivity index is 2.01. The van der Waals surface area contributed by atoms with Gasteiger partial charge < -0.3 is 10.2 Å². The highest BCUT2D eigenvalue weighted by Gasteiger charge is 2.32. The zero-order valence-corrected chi connectivity index (χ0v) is 21.7. The van der Waals surface area contributed by atoms with Gasteiger partial charge in [0.2, 0.25) is 11.8 Å². The lowest BCUT2D eigenvalue weighted by molar-refractivity contribution is -0.139. The molecule has 10 heteroatoms. The molecule has 0 heterocycles. The molecule has 1 atom stereocenters. The Morgan fingerprint density at radius 2 is 1.56 bits per heavy atom. The number of rotatable bonds is 9. The van der Waals surface area contributed by atoms with Crippen molar-refractivity contribution in [2.45, 2.75) is 31.3 Å². The summed E-state index contributed by atoms with van der Waals surface area (Å²) in [5.41, 5.74) is 1.69. The van der Waals surface area contributed by atoms with E-state index in [1.807, 2.05) is 6.92 Å². The van der Waals surface area contributed by atoms with Crippen LogP contribution in [0.15, 0.2) is 77.7 Å². The molecule has 190 valence electrons. The first-order valence-electron chi connectivity index (χ1n) is 11.1. The van der Waals surface area contributed by atoms with Gasteiger partial charge in [0.05, 0.1) is 10.6 Å². The van der Waals surface area contributed by atoms with E-state index >= 15 is 0 Å². The van der Waals surface area contributed by atoms with Gasteiger partial charge in [-0.1, -0.05) is 41.4 Å². The molecule has 0 bridgehead atoms. The number of likely N-dealkylation sites (N-methyl/N-ethyl adjacent to an activating group) is 1. The van der Waals surface area contributed by atoms with Gasteiger partial charge >= 0.3 is 0 Å². The Hall–Kier alpha value is -3.43. The first-order valence-corrected chi connectivity index (χ1v) is 12.9. The van der Waals surface area contributed by atoms with Crippen LogP contribution in [0.2, 0.25) is 5.02 Å². The number of benzene rings is 3. The Morgan fingerprint density at radius 1 is 0.972 bits per heavy atom. The average molecular weight is 532 g/mol. The van der Waals surface area contributed by atoms with E-state index in [0.29, 0.717) is 10.6 Å². The fourth-order valence-corrected chi connectivity index (χ4v) is 5.09. The molecule has 1 unspecified atom stereocenters. The van der Waals surface area contributed by atoms with Gasteiger partial charge in [-0.15, -0.1) is 0 Å². The Kier molecular flexibility index (Phi) is 8.70. The van der Waals surface area contributed by atoms with Gasteiger partial charge in [0.25, 0.3) is 10.0 Å². The first kappa shape index (κ1) is 27.2. The molecule has 0 radical (unpaired) electrons. The van der Waals surface area contributed by atoms with Crippen LogP contribution < -0.4 is 9.62 Å². The van der Waals surface area contributed by atoms with Crippen molar-refractivity contribution in [2.24, 2.45) is 0 Å². The second kappa shape index (κ2) is 11.5. The van der Waals surface area contributed by atoms with Crippen LogP contribution in [0, 0.1) is 12.7 Å². The number of sulfonamides is 1. The standard InChI is InChI=1S/C26H27ClFN3O4S/c1-18-4-14-24(15-5-18)36(34,35)31(23-12-10-22(28)11-13-23)17-25(32)30(19(2)26(33)29-3)16-20-6-8-21(27)9-7-20/h4-15,19H,16-17H2,1-3H3,(H,29,33). The number of aryl methyl sites for hydroxylation is 1. The van der Waals surface area contributed by atoms with Crippen LogP contribution in [0.25, 0.3) is 0 Å². The van der Waals surface area contributed by atoms with E-state index in [0.717, 1.165) is 22.0 Å². The van der Waals surface area contributed by atoms with Crippen molar-refractivity contribution in [1.82, 2.24) is 10.2 Å². The van der Waals surface area contributed by atoms with Crippen LogP contribution in [0.1, 0.15) is 18.1 Å². The number of anilines is 1. The number of halogens is 2. The Morgan fingerprint density at radius 3 is 2.11 bits per heavy atom. The van der Waals surface area contributed by atoms with Crippen LogP contribution in [0.5, 0.6) is 0 Å². The van der Waals surface area contributed by atoms with E-state index in [-0.39, 0.29) is 17.1 Å². The fourth-order valence-electron chi connectivity index (χ4n) is 3.55. The van der Waals surface area contributed by atoms with Crippen molar-refractivity contribution in [1.29, 1.82) is 0 Å². The Bertz CT molecular complexity index is 1310. The van der Waals surface area contributed by atoms with Gasteiger partial charge in [-0.3, -0.25) is 13.9 Å². The molecule has 3 rings (SSSR count). The van der Waals surface area contributed by atoms with Crippen LogP contribution >= 0.6 is 11.6 Å². The molecular formula is C26H27ClFN3O4S. The summed E-state index contributed by atoms with van der Waals surface area (Å²) in [6.45, 7) is 2.83. The Labute approximate surface area is 215 Å². The summed E-state index contributed by atoms with van der Waals surface area (Å²) in [5, 5.41) is 3.04. The van der Waals surface area contributed by atoms with E-state index in [1.54, 1.807) is 43.3 Å². The number of nitrogens with one attached hydrogen (secondary N) is 1. The van der Waals surface area contributed by atoms with E-state index in [2.05, 4.69) is 5.32 Å². The molecular weight excluding hydrogens is 505 g/mol. The third-order valence-corrected chi connectivity index (χ3v) is 7.72. The molecule has 0 aliphatic heterocycles. The van der Waals surface area contributed by atoms with Crippen molar-refractivity contribution >= 4 is 39.1 Å². The second-order valence-electron chi connectivity index (χ2n) is 8.24. The molecule has 0 fully saturated rings. The summed E-state index contributed by atoms with van der Waals surface area (Å²) in [4.78, 5) is 27.3. The van der Waals surface area contributed by atoms with E-state index < -0.39 is 40.2 Å². The average Bonchev–Trinajstić information content (AvgIpc) is 2.86. The summed E-state index contributed by atoms with van der Waals surface area (Å²) in [6.07, 6.45) is 0. The predicted molar refractivity (Wildman–Crippen MR) is 138 cm³/mol. The summed E-state index contributed by atoms with van der Waals surface area (Å²) in [6, 6.07) is 16.9. The highest BCUT2D eigenvalue weighted by atomic mass is 35.5. The lowest BCUT2D eigenvalue weighted by Gasteiger charge is -2.31. The van der Waals surface area contributed by atoms with Crippen molar-refractivity contribution in [2.75, 3.05) is 17.9 Å². The minimum absolute atomic E-state index is 0.0196. The monoisotopic (exact) mass is 531 g/mol. The molecule has 2 amide bonds. The molecule has 3 aromatic carbocycles. The van der Waals surface area contributed by atoms with E-state index in [9.17, 15) is 22.4 Å². The third kappa shape index (κ3) is 6.41. The van der Waals surface area contributed by atoms with Crippen molar-refractivity contribution < 1.29 is 22.4 Å². The lowest BCUT2D eigenvalue weighted by atomic mass is 10.1. The van der Waals surface area contributed by atoms with E-state index in [4.69, 9.17) is 11.6 Å². The van der Waals surface area contributed by atoms with Crippen LogP contribution in [-0.4, -0.2) is 44.8 Å². The molecule has 3 aromatic rings. The summed E-state index contributed by atoms with van der Waals surface area (Å²) < 4.78 is 41.8. The zero-order chi connectivity index (χ0) is 26.5. The number of carbonyl (C=O) groups is 2. The van der Waals surface area contributed by atoms with Gasteiger partial charge in [0, 0.05) is 18.6 Å². The third-order valence-electron chi connectivity index (χ3n) is 5.68. The van der Waals surface area contributed by atoms with Gasteiger partial charge in [0.1, 0.15) is 18.4 Å². The van der Waals surface area contributed by atoms with Crippen molar-refractivity contribution in [3.63, 3.8) is 0 Å². The molecule has 0 aliphatic rings. The van der Waals surface area contributed by atoms with Gasteiger partial charge in [-0.05, 0) is 67.9 Å². The smallest absolute Gasteiger partial charge is 0.264 e. The molecule has 0 aliphatic carbocycles. The maximum atomic E-state index is 13.6. The molecule has 0 saturated carbocycles. The largest absolute Gasteiger partial charge is 0.357 e. The SMILES string of the molecule is CNC(=O)C(C)N(Cc1ccc(Cl)cc1)C(=O)CN(c1ccc(F)cc1)S(=O)(=O)c1ccc(C)cc1. The lowest BCUT2D eigenvalue weighted by Crippen LogP contribution is -2.50. The first-order chi connectivity index (χ1) is 17.0. The predicted octanol–water partition coefficient (Wildman–Crippen LogP) is 4.15. The second-order valence-corrected chi connectivity index (χ2v) is 10.5. The van der Waals surface area contributed by atoms with Crippen molar-refractivity contribution in [3.05, 3.63) is 94.8 Å². The fraction of sp³-hybridized carbons (Fsp3) is 0.231. The maximum absolute atomic E-state index is 13.6. The molecule has 7 nitrogen and oxygen atoms in total. The number of nitrogens with zero attached hydrogens (tertiary/aromatic N) is 2. The molecule has 1 N–H and O–H groups in total. The number of carbonyl (C=O) groups excluding carboxylic acids is 2. The zero-order valence-electron chi connectivity index (χ0n) is 20.1. The minimum Gasteiger partial charge on any atom is -0.357 e. The van der Waals surface area contributed by atoms with Gasteiger partial charge in [-0.25, -0.2) is 12.8 Å².